The van der Waals surface area contributed by atoms with Crippen LogP contribution in [0.3, 0.4) is 0 Å². The zero-order valence-corrected chi connectivity index (χ0v) is 14.8. The number of aromatic amines is 1. The van der Waals surface area contributed by atoms with Crippen molar-refractivity contribution < 1.29 is 4.74 Å². The third-order valence-electron chi connectivity index (χ3n) is 4.12. The van der Waals surface area contributed by atoms with E-state index < -0.39 is 0 Å². The van der Waals surface area contributed by atoms with E-state index in [2.05, 4.69) is 32.4 Å². The number of aromatic nitrogens is 3. The summed E-state index contributed by atoms with van der Waals surface area (Å²) in [5, 5.41) is 3.40. The molecule has 0 amide bonds. The number of nitrogens with zero attached hydrogens (tertiary/aromatic N) is 2. The van der Waals surface area contributed by atoms with Gasteiger partial charge in [0.15, 0.2) is 0 Å². The summed E-state index contributed by atoms with van der Waals surface area (Å²) >= 11 is 0. The maximum Gasteiger partial charge on any atom is 0.127 e. The molecule has 2 N–H and O–H groups in total. The number of nitrogens with one attached hydrogen (secondary N) is 2. The fourth-order valence-electron chi connectivity index (χ4n) is 2.75. The average molecular weight is 356 g/mol. The molecule has 0 fully saturated rings. The Morgan fingerprint density at radius 1 is 0.815 bits per heavy atom. The van der Waals surface area contributed by atoms with Crippen LogP contribution in [0.4, 0.5) is 0 Å². The largest absolute Gasteiger partial charge is 0.457 e. The van der Waals surface area contributed by atoms with Gasteiger partial charge in [-0.15, -0.1) is 0 Å². The lowest BCUT2D eigenvalue weighted by Crippen LogP contribution is -2.13. The SMILES string of the molecule is c1ccc(Oc2ccc(CNCc3ncc(-c4cccnc4)[nH]3)cc2)cc1. The highest BCUT2D eigenvalue weighted by molar-refractivity contribution is 5.56. The van der Waals surface area contributed by atoms with Crippen molar-refractivity contribution in [1.82, 2.24) is 20.3 Å². The Bertz CT molecular complexity index is 966. The Balaban J connectivity index is 1.29. The molecular weight excluding hydrogens is 336 g/mol. The first-order chi connectivity index (χ1) is 13.4. The number of hydrogen-bond acceptors (Lipinski definition) is 4. The molecule has 5 heteroatoms. The van der Waals surface area contributed by atoms with Crippen LogP contribution < -0.4 is 10.1 Å². The maximum atomic E-state index is 5.81. The lowest BCUT2D eigenvalue weighted by Gasteiger charge is -2.07. The lowest BCUT2D eigenvalue weighted by atomic mass is 10.2. The van der Waals surface area contributed by atoms with Gasteiger partial charge in [-0.1, -0.05) is 30.3 Å². The fourth-order valence-corrected chi connectivity index (χ4v) is 2.75. The molecule has 0 aliphatic rings. The number of para-hydroxylation sites is 1. The van der Waals surface area contributed by atoms with Gasteiger partial charge in [0.05, 0.1) is 18.4 Å². The highest BCUT2D eigenvalue weighted by atomic mass is 16.5. The van der Waals surface area contributed by atoms with E-state index in [0.29, 0.717) is 6.54 Å². The zero-order valence-electron chi connectivity index (χ0n) is 14.8. The minimum Gasteiger partial charge on any atom is -0.457 e. The molecule has 134 valence electrons. The van der Waals surface area contributed by atoms with E-state index in [4.69, 9.17) is 4.74 Å². The molecule has 2 aromatic heterocycles. The normalized spacial score (nSPS) is 10.7. The van der Waals surface area contributed by atoms with Crippen LogP contribution in [0.15, 0.2) is 85.3 Å². The summed E-state index contributed by atoms with van der Waals surface area (Å²) < 4.78 is 5.81. The molecule has 0 unspecified atom stereocenters. The van der Waals surface area contributed by atoms with Gasteiger partial charge in [-0.25, -0.2) is 4.98 Å². The molecule has 0 aliphatic carbocycles. The van der Waals surface area contributed by atoms with Crippen molar-refractivity contribution in [2.45, 2.75) is 13.1 Å². The molecule has 0 radical (unpaired) electrons. The van der Waals surface area contributed by atoms with Gasteiger partial charge in [-0.2, -0.15) is 0 Å². The van der Waals surface area contributed by atoms with E-state index in [1.54, 1.807) is 6.20 Å². The predicted molar refractivity (Wildman–Crippen MR) is 105 cm³/mol. The summed E-state index contributed by atoms with van der Waals surface area (Å²) in [7, 11) is 0. The molecule has 0 spiro atoms. The van der Waals surface area contributed by atoms with Gasteiger partial charge in [0.25, 0.3) is 0 Å². The molecule has 4 aromatic rings. The van der Waals surface area contributed by atoms with Gasteiger partial charge in [0.2, 0.25) is 0 Å². The molecule has 0 saturated heterocycles. The third-order valence-corrected chi connectivity index (χ3v) is 4.12. The first kappa shape index (κ1) is 17.0. The van der Waals surface area contributed by atoms with Crippen molar-refractivity contribution in [2.24, 2.45) is 0 Å². The van der Waals surface area contributed by atoms with Gasteiger partial charge in [0.1, 0.15) is 17.3 Å². The van der Waals surface area contributed by atoms with E-state index in [0.717, 1.165) is 35.1 Å². The minimum atomic E-state index is 0.669. The second-order valence-electron chi connectivity index (χ2n) is 6.15. The average Bonchev–Trinajstić information content (AvgIpc) is 3.20. The van der Waals surface area contributed by atoms with Gasteiger partial charge in [-0.05, 0) is 42.0 Å². The van der Waals surface area contributed by atoms with Crippen LogP contribution in [0.25, 0.3) is 11.3 Å². The molecule has 5 nitrogen and oxygen atoms in total. The van der Waals surface area contributed by atoms with Gasteiger partial charge < -0.3 is 15.0 Å². The number of H-pyrrole nitrogens is 1. The summed E-state index contributed by atoms with van der Waals surface area (Å²) in [4.78, 5) is 11.9. The quantitative estimate of drug-likeness (QED) is 0.510. The first-order valence-corrected chi connectivity index (χ1v) is 8.84. The van der Waals surface area contributed by atoms with Crippen LogP contribution in [-0.4, -0.2) is 15.0 Å². The Morgan fingerprint density at radius 3 is 2.41 bits per heavy atom. The molecule has 4 rings (SSSR count). The van der Waals surface area contributed by atoms with Crippen molar-refractivity contribution in [3.63, 3.8) is 0 Å². The predicted octanol–water partition coefficient (Wildman–Crippen LogP) is 4.55. The van der Waals surface area contributed by atoms with E-state index in [1.807, 2.05) is 67.0 Å². The van der Waals surface area contributed by atoms with Crippen molar-refractivity contribution >= 4 is 0 Å². The van der Waals surface area contributed by atoms with E-state index in [1.165, 1.54) is 5.56 Å². The van der Waals surface area contributed by atoms with Crippen molar-refractivity contribution in [3.05, 3.63) is 96.7 Å². The number of imidazole rings is 1. The van der Waals surface area contributed by atoms with Crippen LogP contribution in [0.2, 0.25) is 0 Å². The summed E-state index contributed by atoms with van der Waals surface area (Å²) in [5.41, 5.74) is 3.20. The molecular formula is C22H20N4O. The maximum absolute atomic E-state index is 5.81. The lowest BCUT2D eigenvalue weighted by molar-refractivity contribution is 0.482. The molecule has 0 saturated carbocycles. The molecule has 2 aromatic carbocycles. The van der Waals surface area contributed by atoms with Crippen LogP contribution in [0.1, 0.15) is 11.4 Å². The molecule has 0 bridgehead atoms. The van der Waals surface area contributed by atoms with Gasteiger partial charge in [-0.3, -0.25) is 4.98 Å². The minimum absolute atomic E-state index is 0.669. The number of benzene rings is 2. The van der Waals surface area contributed by atoms with Gasteiger partial charge in [0, 0.05) is 24.5 Å². The molecule has 0 aliphatic heterocycles. The fraction of sp³-hybridized carbons (Fsp3) is 0.0909. The Morgan fingerprint density at radius 2 is 1.63 bits per heavy atom. The molecule has 0 atom stereocenters. The van der Waals surface area contributed by atoms with Crippen molar-refractivity contribution in [2.75, 3.05) is 0 Å². The Hall–Kier alpha value is -3.44. The number of hydrogen-bond donors (Lipinski definition) is 2. The van der Waals surface area contributed by atoms with E-state index in [9.17, 15) is 0 Å². The number of pyridine rings is 1. The molecule has 2 heterocycles. The zero-order chi connectivity index (χ0) is 18.3. The van der Waals surface area contributed by atoms with Crippen molar-refractivity contribution in [3.8, 4) is 22.8 Å². The third kappa shape index (κ3) is 4.59. The summed E-state index contributed by atoms with van der Waals surface area (Å²) in [6.07, 6.45) is 5.42. The Kier molecular flexibility index (Phi) is 5.22. The summed E-state index contributed by atoms with van der Waals surface area (Å²) in [6, 6.07) is 21.8. The van der Waals surface area contributed by atoms with Crippen molar-refractivity contribution in [1.29, 1.82) is 0 Å². The van der Waals surface area contributed by atoms with Crippen LogP contribution >= 0.6 is 0 Å². The smallest absolute Gasteiger partial charge is 0.127 e. The van der Waals surface area contributed by atoms with E-state index >= 15 is 0 Å². The van der Waals surface area contributed by atoms with Gasteiger partial charge >= 0.3 is 0 Å². The highest BCUT2D eigenvalue weighted by Crippen LogP contribution is 2.21. The number of rotatable bonds is 7. The van der Waals surface area contributed by atoms with E-state index in [-0.39, 0.29) is 0 Å². The van der Waals surface area contributed by atoms with Crippen LogP contribution in [0, 0.1) is 0 Å². The first-order valence-electron chi connectivity index (χ1n) is 8.84. The second kappa shape index (κ2) is 8.29. The van der Waals surface area contributed by atoms with Crippen LogP contribution in [0.5, 0.6) is 11.5 Å². The second-order valence-corrected chi connectivity index (χ2v) is 6.15. The number of ether oxygens (including phenoxy) is 1. The topological polar surface area (TPSA) is 62.8 Å². The molecule has 27 heavy (non-hydrogen) atoms. The van der Waals surface area contributed by atoms with Crippen LogP contribution in [-0.2, 0) is 13.1 Å². The monoisotopic (exact) mass is 356 g/mol. The highest BCUT2D eigenvalue weighted by Gasteiger charge is 2.03. The summed E-state index contributed by atoms with van der Waals surface area (Å²) in [5.74, 6) is 2.57. The summed E-state index contributed by atoms with van der Waals surface area (Å²) in [6.45, 7) is 1.43. The Labute approximate surface area is 158 Å². The standard InChI is InChI=1S/C22H20N4O/c1-2-6-19(7-3-1)27-20-10-8-17(9-11-20)13-24-16-22-25-15-21(26-22)18-5-4-12-23-14-18/h1-12,14-15,24H,13,16H2,(H,25,26).